The van der Waals surface area contributed by atoms with Crippen LogP contribution in [0.2, 0.25) is 0 Å². The number of hydrogen-bond donors (Lipinski definition) is 3. The van der Waals surface area contributed by atoms with Crippen molar-refractivity contribution in [1.29, 1.82) is 0 Å². The minimum Gasteiger partial charge on any atom is -0.504 e. The van der Waals surface area contributed by atoms with Crippen molar-refractivity contribution in [3.8, 4) is 11.5 Å². The van der Waals surface area contributed by atoms with Crippen LogP contribution in [0.4, 0.5) is 0 Å². The Kier molecular flexibility index (Phi) is 4.19. The second-order valence-electron chi connectivity index (χ2n) is 2.81. The lowest BCUT2D eigenvalue weighted by molar-refractivity contribution is 0.112. The van der Waals surface area contributed by atoms with Crippen molar-refractivity contribution in [3.05, 3.63) is 22.7 Å². The molecule has 0 amide bonds. The van der Waals surface area contributed by atoms with E-state index in [4.69, 9.17) is 15.6 Å². The number of aromatic hydroxyl groups is 1. The number of aliphatic hydroxyl groups is 1. The van der Waals surface area contributed by atoms with Crippen LogP contribution in [0.25, 0.3) is 0 Å². The van der Waals surface area contributed by atoms with Gasteiger partial charge in [0, 0.05) is 11.0 Å². The number of phenols is 1. The van der Waals surface area contributed by atoms with Gasteiger partial charge in [-0.25, -0.2) is 0 Å². The molecule has 4 N–H and O–H groups in total. The van der Waals surface area contributed by atoms with E-state index in [1.165, 1.54) is 6.07 Å². The van der Waals surface area contributed by atoms with Gasteiger partial charge in [0.15, 0.2) is 11.5 Å². The van der Waals surface area contributed by atoms with Gasteiger partial charge in [0.25, 0.3) is 0 Å². The van der Waals surface area contributed by atoms with E-state index in [1.807, 2.05) is 0 Å². The summed E-state index contributed by atoms with van der Waals surface area (Å²) in [6, 6.07) is 4.87. The first kappa shape index (κ1) is 11.3. The van der Waals surface area contributed by atoms with Crippen LogP contribution in [-0.2, 0) is 0 Å². The molecule has 0 aliphatic carbocycles. The quantitative estimate of drug-likeness (QED) is 0.752. The van der Waals surface area contributed by atoms with Crippen LogP contribution in [0.5, 0.6) is 11.5 Å². The molecule has 0 saturated carbocycles. The Bertz CT molecular complexity index is 306. The van der Waals surface area contributed by atoms with E-state index < -0.39 is 6.10 Å². The van der Waals surface area contributed by atoms with Crippen LogP contribution < -0.4 is 10.5 Å². The summed E-state index contributed by atoms with van der Waals surface area (Å²) in [4.78, 5) is 0. The third kappa shape index (κ3) is 3.17. The van der Waals surface area contributed by atoms with Crippen molar-refractivity contribution in [2.24, 2.45) is 5.73 Å². The maximum atomic E-state index is 9.41. The SMILES string of the molecule is NCC(O)COc1ccc(Br)cc1O. The molecule has 0 aliphatic heterocycles. The molecule has 1 unspecified atom stereocenters. The van der Waals surface area contributed by atoms with Gasteiger partial charge in [0.2, 0.25) is 0 Å². The first-order valence-electron chi connectivity index (χ1n) is 4.13. The predicted octanol–water partition coefficient (Wildman–Crippen LogP) is 0.853. The molecule has 0 saturated heterocycles. The maximum absolute atomic E-state index is 9.41. The Morgan fingerprint density at radius 1 is 1.50 bits per heavy atom. The fourth-order valence-corrected chi connectivity index (χ4v) is 1.22. The Morgan fingerprint density at radius 3 is 2.79 bits per heavy atom. The van der Waals surface area contributed by atoms with Crippen molar-refractivity contribution in [3.63, 3.8) is 0 Å². The summed E-state index contributed by atoms with van der Waals surface area (Å²) >= 11 is 3.21. The highest BCUT2D eigenvalue weighted by molar-refractivity contribution is 9.10. The van der Waals surface area contributed by atoms with Crippen molar-refractivity contribution in [2.45, 2.75) is 6.10 Å². The van der Waals surface area contributed by atoms with Gasteiger partial charge in [-0.2, -0.15) is 0 Å². The molecule has 0 aliphatic rings. The van der Waals surface area contributed by atoms with E-state index in [1.54, 1.807) is 12.1 Å². The smallest absolute Gasteiger partial charge is 0.161 e. The Hall–Kier alpha value is -0.780. The van der Waals surface area contributed by atoms with Crippen molar-refractivity contribution < 1.29 is 14.9 Å². The molecular weight excluding hydrogens is 250 g/mol. The number of ether oxygens (including phenoxy) is 1. The maximum Gasteiger partial charge on any atom is 0.161 e. The summed E-state index contributed by atoms with van der Waals surface area (Å²) in [5, 5.41) is 18.5. The fourth-order valence-electron chi connectivity index (χ4n) is 0.867. The molecule has 0 bridgehead atoms. The molecule has 78 valence electrons. The summed E-state index contributed by atoms with van der Waals surface area (Å²) in [7, 11) is 0. The third-order valence-corrected chi connectivity index (χ3v) is 2.12. The lowest BCUT2D eigenvalue weighted by Gasteiger charge is -2.11. The first-order valence-corrected chi connectivity index (χ1v) is 4.92. The van der Waals surface area contributed by atoms with Gasteiger partial charge in [-0.3, -0.25) is 0 Å². The van der Waals surface area contributed by atoms with Gasteiger partial charge in [0.05, 0.1) is 0 Å². The average Bonchev–Trinajstić information content (AvgIpc) is 2.16. The second-order valence-corrected chi connectivity index (χ2v) is 3.73. The molecule has 0 radical (unpaired) electrons. The Labute approximate surface area is 90.4 Å². The molecule has 0 heterocycles. The van der Waals surface area contributed by atoms with E-state index in [2.05, 4.69) is 15.9 Å². The third-order valence-electron chi connectivity index (χ3n) is 1.62. The lowest BCUT2D eigenvalue weighted by atomic mass is 10.3. The van der Waals surface area contributed by atoms with Gasteiger partial charge in [-0.05, 0) is 18.2 Å². The Morgan fingerprint density at radius 2 is 2.21 bits per heavy atom. The fraction of sp³-hybridized carbons (Fsp3) is 0.333. The van der Waals surface area contributed by atoms with Crippen LogP contribution in [0.3, 0.4) is 0 Å². The van der Waals surface area contributed by atoms with Gasteiger partial charge < -0.3 is 20.7 Å². The molecule has 0 aromatic heterocycles. The van der Waals surface area contributed by atoms with E-state index in [-0.39, 0.29) is 18.9 Å². The van der Waals surface area contributed by atoms with Crippen molar-refractivity contribution in [2.75, 3.05) is 13.2 Å². The zero-order valence-corrected chi connectivity index (χ0v) is 9.07. The molecule has 1 rings (SSSR count). The van der Waals surface area contributed by atoms with Crippen molar-refractivity contribution >= 4 is 15.9 Å². The number of halogens is 1. The Balaban J connectivity index is 2.59. The number of rotatable bonds is 4. The number of nitrogens with two attached hydrogens (primary N) is 1. The molecule has 0 spiro atoms. The first-order chi connectivity index (χ1) is 6.63. The molecule has 1 aromatic carbocycles. The molecule has 5 heteroatoms. The van der Waals surface area contributed by atoms with E-state index in [9.17, 15) is 5.11 Å². The summed E-state index contributed by atoms with van der Waals surface area (Å²) in [5.41, 5.74) is 5.20. The standard InChI is InChI=1S/C9H12BrNO3/c10-6-1-2-9(8(13)3-6)14-5-7(12)4-11/h1-3,7,12-13H,4-5,11H2. The monoisotopic (exact) mass is 261 g/mol. The van der Waals surface area contributed by atoms with Crippen LogP contribution in [0, 0.1) is 0 Å². The molecular formula is C9H12BrNO3. The summed E-state index contributed by atoms with van der Waals surface area (Å²) < 4.78 is 5.91. The number of hydrogen-bond acceptors (Lipinski definition) is 4. The highest BCUT2D eigenvalue weighted by Gasteiger charge is 2.06. The van der Waals surface area contributed by atoms with Crippen LogP contribution >= 0.6 is 15.9 Å². The second kappa shape index (κ2) is 5.19. The van der Waals surface area contributed by atoms with Gasteiger partial charge >= 0.3 is 0 Å². The van der Waals surface area contributed by atoms with E-state index in [0.717, 1.165) is 4.47 Å². The highest BCUT2D eigenvalue weighted by Crippen LogP contribution is 2.28. The normalized spacial score (nSPS) is 12.5. The highest BCUT2D eigenvalue weighted by atomic mass is 79.9. The number of phenolic OH excluding ortho intramolecular Hbond substituents is 1. The van der Waals surface area contributed by atoms with Crippen molar-refractivity contribution in [1.82, 2.24) is 0 Å². The zero-order valence-electron chi connectivity index (χ0n) is 7.48. The van der Waals surface area contributed by atoms with Crippen LogP contribution in [0.15, 0.2) is 22.7 Å². The zero-order chi connectivity index (χ0) is 10.6. The largest absolute Gasteiger partial charge is 0.504 e. The van der Waals surface area contributed by atoms with Gasteiger partial charge in [-0.15, -0.1) is 0 Å². The minimum atomic E-state index is -0.710. The topological polar surface area (TPSA) is 75.7 Å². The van der Waals surface area contributed by atoms with Crippen LogP contribution in [0.1, 0.15) is 0 Å². The van der Waals surface area contributed by atoms with E-state index >= 15 is 0 Å². The van der Waals surface area contributed by atoms with Gasteiger partial charge in [0.1, 0.15) is 12.7 Å². The lowest BCUT2D eigenvalue weighted by Crippen LogP contribution is -2.26. The van der Waals surface area contributed by atoms with Gasteiger partial charge in [-0.1, -0.05) is 15.9 Å². The molecule has 1 aromatic rings. The summed E-state index contributed by atoms with van der Waals surface area (Å²) in [6.07, 6.45) is -0.710. The number of aliphatic hydroxyl groups excluding tert-OH is 1. The summed E-state index contributed by atoms with van der Waals surface area (Å²) in [5.74, 6) is 0.365. The van der Waals surface area contributed by atoms with E-state index in [0.29, 0.717) is 5.75 Å². The predicted molar refractivity (Wildman–Crippen MR) is 56.4 cm³/mol. The average molecular weight is 262 g/mol. The van der Waals surface area contributed by atoms with Crippen LogP contribution in [-0.4, -0.2) is 29.5 Å². The summed E-state index contributed by atoms with van der Waals surface area (Å²) in [6.45, 7) is 0.211. The molecule has 14 heavy (non-hydrogen) atoms. The molecule has 4 nitrogen and oxygen atoms in total. The minimum absolute atomic E-state index is 0.0311. The molecule has 0 fully saturated rings. The molecule has 1 atom stereocenters. The number of benzene rings is 1.